The van der Waals surface area contributed by atoms with Crippen LogP contribution in [0, 0.1) is 11.8 Å². The van der Waals surface area contributed by atoms with E-state index in [1.807, 2.05) is 147 Å². The first-order valence-corrected chi connectivity index (χ1v) is 19.0. The van der Waals surface area contributed by atoms with Gasteiger partial charge in [-0.15, -0.1) is 0 Å². The van der Waals surface area contributed by atoms with Crippen molar-refractivity contribution in [1.82, 2.24) is 10.2 Å². The highest BCUT2D eigenvalue weighted by atomic mass is 16.5. The van der Waals surface area contributed by atoms with Gasteiger partial charge in [0.25, 0.3) is 0 Å². The normalized spacial score (nSPS) is 13.8. The molecule has 278 valence electrons. The SMILES string of the molecule is CC(C)CN(CC(CCc1ccccc1)C(=O)Oc1ccc2c(c1)CCC2)C(=O)N[C@@](Cc1ccccc1)(Cc1ccc(-c2ccccc2)cc1)C(=O)O. The van der Waals surface area contributed by atoms with Crippen molar-refractivity contribution >= 4 is 18.0 Å². The van der Waals surface area contributed by atoms with Gasteiger partial charge >= 0.3 is 18.0 Å². The predicted octanol–water partition coefficient (Wildman–Crippen LogP) is 8.97. The molecule has 54 heavy (non-hydrogen) atoms. The number of hydrogen-bond donors (Lipinski definition) is 2. The Hall–Kier alpha value is -5.69. The van der Waals surface area contributed by atoms with E-state index in [0.717, 1.165) is 47.1 Å². The number of carbonyl (C=O) groups excluding carboxylic acids is 2. The number of fused-ring (bicyclic) bond motifs is 1. The van der Waals surface area contributed by atoms with E-state index in [2.05, 4.69) is 5.32 Å². The number of carboxylic acids is 1. The molecule has 5 aromatic rings. The zero-order valence-electron chi connectivity index (χ0n) is 31.2. The van der Waals surface area contributed by atoms with Crippen LogP contribution < -0.4 is 10.1 Å². The topological polar surface area (TPSA) is 95.9 Å². The van der Waals surface area contributed by atoms with Crippen LogP contribution in [-0.4, -0.2) is 46.6 Å². The van der Waals surface area contributed by atoms with Crippen LogP contribution in [0.1, 0.15) is 54.5 Å². The fourth-order valence-corrected chi connectivity index (χ4v) is 7.41. The monoisotopic (exact) mass is 722 g/mol. The van der Waals surface area contributed by atoms with E-state index in [9.17, 15) is 19.5 Å². The van der Waals surface area contributed by atoms with Gasteiger partial charge in [0.1, 0.15) is 11.3 Å². The van der Waals surface area contributed by atoms with Crippen LogP contribution in [0.4, 0.5) is 4.79 Å². The molecule has 1 aliphatic carbocycles. The van der Waals surface area contributed by atoms with Crippen LogP contribution >= 0.6 is 0 Å². The van der Waals surface area contributed by atoms with Gasteiger partial charge in [-0.1, -0.05) is 135 Å². The number of aryl methyl sites for hydroxylation is 3. The molecule has 0 aromatic heterocycles. The maximum atomic E-state index is 14.5. The molecule has 0 spiro atoms. The van der Waals surface area contributed by atoms with E-state index in [4.69, 9.17) is 4.74 Å². The first kappa shape index (κ1) is 38.0. The Kier molecular flexibility index (Phi) is 12.6. The molecule has 0 heterocycles. The number of amides is 2. The van der Waals surface area contributed by atoms with Crippen molar-refractivity contribution in [1.29, 1.82) is 0 Å². The summed E-state index contributed by atoms with van der Waals surface area (Å²) in [7, 11) is 0. The Bertz CT molecular complexity index is 2000. The molecule has 2 N–H and O–H groups in total. The fraction of sp³-hybridized carbons (Fsp3) is 0.298. The summed E-state index contributed by atoms with van der Waals surface area (Å²) in [5, 5.41) is 14.0. The molecule has 0 radical (unpaired) electrons. The molecule has 2 atom stereocenters. The summed E-state index contributed by atoms with van der Waals surface area (Å²) < 4.78 is 6.02. The molecule has 1 unspecified atom stereocenters. The standard InChI is InChI=1S/C47H50N2O5/c1-34(2)32-49(33-42(26-21-35-13-6-3-7-14-35)44(50)54-43-28-27-39-19-12-20-41(39)29-43)46(53)48-47(45(51)52,30-36-15-8-4-9-16-36)31-37-22-24-40(25-23-37)38-17-10-5-11-18-38/h3-11,13-18,22-25,27-29,34,42H,12,19-21,26,30-33H2,1-2H3,(H,48,53)(H,51,52)/t42?,47-/m0/s1. The summed E-state index contributed by atoms with van der Waals surface area (Å²) >= 11 is 0. The van der Waals surface area contributed by atoms with E-state index >= 15 is 0 Å². The van der Waals surface area contributed by atoms with Gasteiger partial charge in [-0.05, 0) is 89.1 Å². The number of ether oxygens (including phenoxy) is 1. The zero-order valence-corrected chi connectivity index (χ0v) is 31.2. The smallest absolute Gasteiger partial charge is 0.330 e. The molecule has 7 heteroatoms. The van der Waals surface area contributed by atoms with Crippen LogP contribution in [0.2, 0.25) is 0 Å². The van der Waals surface area contributed by atoms with E-state index < -0.39 is 29.4 Å². The molecule has 0 aliphatic heterocycles. The largest absolute Gasteiger partial charge is 0.479 e. The lowest BCUT2D eigenvalue weighted by atomic mass is 9.84. The lowest BCUT2D eigenvalue weighted by Crippen LogP contribution is -2.61. The van der Waals surface area contributed by atoms with E-state index in [-0.39, 0.29) is 25.3 Å². The summed E-state index contributed by atoms with van der Waals surface area (Å²) in [5.74, 6) is -1.62. The number of carboxylic acid groups (broad SMARTS) is 1. The fourth-order valence-electron chi connectivity index (χ4n) is 7.41. The van der Waals surface area contributed by atoms with Crippen LogP contribution in [-0.2, 0) is 41.7 Å². The summed E-state index contributed by atoms with van der Waals surface area (Å²) in [6, 6.07) is 42.5. The van der Waals surface area contributed by atoms with Crippen molar-refractivity contribution in [3.63, 3.8) is 0 Å². The quantitative estimate of drug-likeness (QED) is 0.0784. The number of aliphatic carboxylic acids is 1. The number of urea groups is 1. The molecule has 0 bridgehead atoms. The van der Waals surface area contributed by atoms with Gasteiger partial charge < -0.3 is 20.1 Å². The average molecular weight is 723 g/mol. The van der Waals surface area contributed by atoms with Crippen molar-refractivity contribution in [2.45, 2.75) is 64.3 Å². The summed E-state index contributed by atoms with van der Waals surface area (Å²) in [6.45, 7) is 4.41. The van der Waals surface area contributed by atoms with Crippen LogP contribution in [0.25, 0.3) is 11.1 Å². The minimum absolute atomic E-state index is 0.0529. The second kappa shape index (κ2) is 17.9. The molecule has 0 fully saturated rings. The molecule has 2 amide bonds. The number of hydrogen-bond acceptors (Lipinski definition) is 4. The number of esters is 1. The summed E-state index contributed by atoms with van der Waals surface area (Å²) in [4.78, 5) is 43.6. The molecule has 0 saturated heterocycles. The maximum Gasteiger partial charge on any atom is 0.330 e. The third kappa shape index (κ3) is 10.0. The van der Waals surface area contributed by atoms with Gasteiger partial charge in [-0.25, -0.2) is 9.59 Å². The number of rotatable bonds is 16. The van der Waals surface area contributed by atoms with E-state index in [1.165, 1.54) is 11.1 Å². The molecule has 6 rings (SSSR count). The third-order valence-corrected chi connectivity index (χ3v) is 10.2. The number of nitrogens with one attached hydrogen (secondary N) is 1. The van der Waals surface area contributed by atoms with Gasteiger partial charge in [-0.2, -0.15) is 0 Å². The minimum atomic E-state index is -1.67. The van der Waals surface area contributed by atoms with Gasteiger partial charge in [0, 0.05) is 25.9 Å². The highest BCUT2D eigenvalue weighted by Gasteiger charge is 2.42. The Balaban J connectivity index is 1.28. The first-order valence-electron chi connectivity index (χ1n) is 19.0. The van der Waals surface area contributed by atoms with Crippen LogP contribution in [0.5, 0.6) is 5.75 Å². The van der Waals surface area contributed by atoms with Crippen molar-refractivity contribution in [3.8, 4) is 16.9 Å². The summed E-state index contributed by atoms with van der Waals surface area (Å²) in [5.41, 5.74) is 5.55. The first-order chi connectivity index (χ1) is 26.2. The Labute approximate surface area is 319 Å². The van der Waals surface area contributed by atoms with Gasteiger partial charge in [0.2, 0.25) is 0 Å². The molecular weight excluding hydrogens is 673 g/mol. The van der Waals surface area contributed by atoms with Crippen molar-refractivity contribution < 1.29 is 24.2 Å². The second-order valence-electron chi connectivity index (χ2n) is 14.9. The average Bonchev–Trinajstić information content (AvgIpc) is 3.65. The van der Waals surface area contributed by atoms with Crippen LogP contribution in [0.3, 0.4) is 0 Å². The third-order valence-electron chi connectivity index (χ3n) is 10.2. The van der Waals surface area contributed by atoms with Crippen molar-refractivity contribution in [3.05, 3.63) is 161 Å². The Morgan fingerprint density at radius 1 is 0.704 bits per heavy atom. The molecule has 1 aliphatic rings. The molecule has 7 nitrogen and oxygen atoms in total. The van der Waals surface area contributed by atoms with E-state index in [0.29, 0.717) is 25.1 Å². The van der Waals surface area contributed by atoms with Crippen molar-refractivity contribution in [2.24, 2.45) is 11.8 Å². The van der Waals surface area contributed by atoms with Gasteiger partial charge in [0.15, 0.2) is 0 Å². The predicted molar refractivity (Wildman–Crippen MR) is 213 cm³/mol. The molecule has 5 aromatic carbocycles. The van der Waals surface area contributed by atoms with Gasteiger partial charge in [-0.3, -0.25) is 4.79 Å². The summed E-state index contributed by atoms with van der Waals surface area (Å²) in [6.07, 6.45) is 4.29. The number of carbonyl (C=O) groups is 3. The number of nitrogens with zero attached hydrogens (tertiary/aromatic N) is 1. The molecular formula is C47H50N2O5. The molecule has 0 saturated carbocycles. The minimum Gasteiger partial charge on any atom is -0.479 e. The zero-order chi connectivity index (χ0) is 37.9. The van der Waals surface area contributed by atoms with Gasteiger partial charge in [0.05, 0.1) is 5.92 Å². The highest BCUT2D eigenvalue weighted by molar-refractivity contribution is 5.87. The number of benzene rings is 5. The highest BCUT2D eigenvalue weighted by Crippen LogP contribution is 2.28. The second-order valence-corrected chi connectivity index (χ2v) is 14.9. The lowest BCUT2D eigenvalue weighted by molar-refractivity contribution is -0.145. The van der Waals surface area contributed by atoms with Crippen LogP contribution in [0.15, 0.2) is 133 Å². The maximum absolute atomic E-state index is 14.5. The van der Waals surface area contributed by atoms with E-state index in [1.54, 1.807) is 4.90 Å². The lowest BCUT2D eigenvalue weighted by Gasteiger charge is -2.35. The van der Waals surface area contributed by atoms with Crippen molar-refractivity contribution in [2.75, 3.05) is 13.1 Å². The Morgan fingerprint density at radius 3 is 1.91 bits per heavy atom. The Morgan fingerprint density at radius 2 is 1.28 bits per heavy atom.